The van der Waals surface area contributed by atoms with Crippen LogP contribution in [0.4, 0.5) is 0 Å². The normalized spacial score (nSPS) is 23.5. The Morgan fingerprint density at radius 1 is 1.17 bits per heavy atom. The molecule has 1 aliphatic rings. The van der Waals surface area contributed by atoms with Crippen LogP contribution in [-0.4, -0.2) is 62.2 Å². The summed E-state index contributed by atoms with van der Waals surface area (Å²) < 4.78 is 0. The first-order valence-electron chi connectivity index (χ1n) is 7.71. The molecule has 0 spiro atoms. The van der Waals surface area contributed by atoms with Gasteiger partial charge in [0.05, 0.1) is 0 Å². The molecule has 1 atom stereocenters. The zero-order valence-corrected chi connectivity index (χ0v) is 13.1. The molecule has 1 heterocycles. The van der Waals surface area contributed by atoms with E-state index in [-0.39, 0.29) is 0 Å². The topological polar surface area (TPSA) is 18.5 Å². The number of likely N-dealkylation sites (N-methyl/N-ethyl adjacent to an activating group) is 1. The van der Waals surface area contributed by atoms with Gasteiger partial charge in [0.15, 0.2) is 0 Å². The maximum atomic E-state index is 3.39. The Bertz CT molecular complexity index is 226. The second kappa shape index (κ2) is 7.46. The highest BCUT2D eigenvalue weighted by Crippen LogP contribution is 2.27. The fourth-order valence-electron chi connectivity index (χ4n) is 3.31. The molecule has 0 saturated carbocycles. The molecular formula is C15H33N3. The van der Waals surface area contributed by atoms with E-state index < -0.39 is 0 Å². The Kier molecular flexibility index (Phi) is 6.61. The van der Waals surface area contributed by atoms with E-state index in [1.54, 1.807) is 0 Å². The van der Waals surface area contributed by atoms with Crippen molar-refractivity contribution in [3.63, 3.8) is 0 Å². The number of piperazine rings is 1. The number of hydrogen-bond donors (Lipinski definition) is 1. The Morgan fingerprint density at radius 2 is 1.83 bits per heavy atom. The molecule has 1 rings (SSSR count). The van der Waals surface area contributed by atoms with E-state index in [1.165, 1.54) is 45.6 Å². The van der Waals surface area contributed by atoms with Crippen LogP contribution in [0, 0.1) is 5.41 Å². The molecule has 0 aromatic heterocycles. The van der Waals surface area contributed by atoms with Gasteiger partial charge in [-0.05, 0) is 38.8 Å². The minimum absolute atomic E-state index is 0.461. The van der Waals surface area contributed by atoms with Gasteiger partial charge < -0.3 is 5.32 Å². The van der Waals surface area contributed by atoms with Crippen molar-refractivity contribution in [3.05, 3.63) is 0 Å². The highest BCUT2D eigenvalue weighted by atomic mass is 15.3. The minimum Gasteiger partial charge on any atom is -0.319 e. The molecule has 108 valence electrons. The third kappa shape index (κ3) is 3.94. The average Bonchev–Trinajstić information content (AvgIpc) is 2.38. The molecular weight excluding hydrogens is 222 g/mol. The first-order valence-corrected chi connectivity index (χ1v) is 7.71. The molecule has 0 aliphatic carbocycles. The monoisotopic (exact) mass is 255 g/mol. The Hall–Kier alpha value is -0.120. The summed E-state index contributed by atoms with van der Waals surface area (Å²) in [6.07, 6.45) is 2.54. The van der Waals surface area contributed by atoms with Gasteiger partial charge in [0.2, 0.25) is 0 Å². The summed E-state index contributed by atoms with van der Waals surface area (Å²) in [4.78, 5) is 5.27. The van der Waals surface area contributed by atoms with Crippen molar-refractivity contribution in [2.45, 2.75) is 46.6 Å². The van der Waals surface area contributed by atoms with Crippen LogP contribution in [0.3, 0.4) is 0 Å². The highest BCUT2D eigenvalue weighted by Gasteiger charge is 2.31. The number of nitrogens with zero attached hydrogens (tertiary/aromatic N) is 2. The lowest BCUT2D eigenvalue weighted by atomic mass is 9.81. The van der Waals surface area contributed by atoms with Gasteiger partial charge in [-0.15, -0.1) is 0 Å². The maximum absolute atomic E-state index is 3.39. The average molecular weight is 255 g/mol. The maximum Gasteiger partial charge on any atom is 0.0195 e. The van der Waals surface area contributed by atoms with Crippen molar-refractivity contribution in [1.82, 2.24) is 15.1 Å². The van der Waals surface area contributed by atoms with E-state index in [4.69, 9.17) is 0 Å². The molecule has 1 N–H and O–H groups in total. The predicted molar refractivity (Wildman–Crippen MR) is 80.1 cm³/mol. The summed E-state index contributed by atoms with van der Waals surface area (Å²) in [6, 6.07) is 0.713. The smallest absolute Gasteiger partial charge is 0.0195 e. The standard InChI is InChI=1S/C15H33N3/c1-6-15(7-2,12-16-5)13-17-9-10-18(8-3)14(4)11-17/h14,16H,6-13H2,1-5H3. The van der Waals surface area contributed by atoms with Crippen molar-refractivity contribution >= 4 is 0 Å². The van der Waals surface area contributed by atoms with Crippen molar-refractivity contribution in [1.29, 1.82) is 0 Å². The van der Waals surface area contributed by atoms with Crippen molar-refractivity contribution < 1.29 is 0 Å². The van der Waals surface area contributed by atoms with Gasteiger partial charge >= 0.3 is 0 Å². The van der Waals surface area contributed by atoms with E-state index in [0.29, 0.717) is 11.5 Å². The third-order valence-corrected chi connectivity index (χ3v) is 4.87. The van der Waals surface area contributed by atoms with E-state index in [0.717, 1.165) is 6.54 Å². The van der Waals surface area contributed by atoms with Gasteiger partial charge in [0.25, 0.3) is 0 Å². The SMILES string of the molecule is CCN1CCN(CC(CC)(CC)CNC)CC1C. The highest BCUT2D eigenvalue weighted by molar-refractivity contribution is 4.86. The third-order valence-electron chi connectivity index (χ3n) is 4.87. The van der Waals surface area contributed by atoms with Crippen LogP contribution in [0.25, 0.3) is 0 Å². The van der Waals surface area contributed by atoms with E-state index in [9.17, 15) is 0 Å². The number of hydrogen-bond acceptors (Lipinski definition) is 3. The minimum atomic E-state index is 0.461. The molecule has 0 aromatic rings. The quantitative estimate of drug-likeness (QED) is 0.751. The number of rotatable bonds is 7. The van der Waals surface area contributed by atoms with Gasteiger partial charge in [-0.1, -0.05) is 20.8 Å². The molecule has 0 aromatic carbocycles. The molecule has 1 saturated heterocycles. The van der Waals surface area contributed by atoms with Crippen LogP contribution in [0.5, 0.6) is 0 Å². The van der Waals surface area contributed by atoms with Crippen LogP contribution < -0.4 is 5.32 Å². The van der Waals surface area contributed by atoms with Gasteiger partial charge in [0, 0.05) is 38.8 Å². The lowest BCUT2D eigenvalue weighted by Crippen LogP contribution is -2.55. The van der Waals surface area contributed by atoms with Crippen LogP contribution >= 0.6 is 0 Å². The fourth-order valence-corrected chi connectivity index (χ4v) is 3.31. The molecule has 0 bridgehead atoms. The Labute approximate surface area is 114 Å². The summed E-state index contributed by atoms with van der Waals surface area (Å²) in [6.45, 7) is 16.6. The Morgan fingerprint density at radius 3 is 2.28 bits per heavy atom. The summed E-state index contributed by atoms with van der Waals surface area (Å²) in [5.74, 6) is 0. The molecule has 18 heavy (non-hydrogen) atoms. The predicted octanol–water partition coefficient (Wildman–Crippen LogP) is 2.04. The van der Waals surface area contributed by atoms with E-state index >= 15 is 0 Å². The van der Waals surface area contributed by atoms with Gasteiger partial charge in [-0.2, -0.15) is 0 Å². The summed E-state index contributed by atoms with van der Waals surface area (Å²) in [7, 11) is 2.08. The molecule has 1 fully saturated rings. The molecule has 1 aliphatic heterocycles. The number of nitrogens with one attached hydrogen (secondary N) is 1. The van der Waals surface area contributed by atoms with E-state index in [2.05, 4.69) is 49.9 Å². The molecule has 1 unspecified atom stereocenters. The molecule has 0 radical (unpaired) electrons. The van der Waals surface area contributed by atoms with Crippen LogP contribution in [-0.2, 0) is 0 Å². The van der Waals surface area contributed by atoms with Crippen molar-refractivity contribution in [3.8, 4) is 0 Å². The molecule has 3 heteroatoms. The van der Waals surface area contributed by atoms with Crippen LogP contribution in [0.15, 0.2) is 0 Å². The van der Waals surface area contributed by atoms with Crippen LogP contribution in [0.2, 0.25) is 0 Å². The molecule has 0 amide bonds. The Balaban J connectivity index is 2.55. The van der Waals surface area contributed by atoms with Crippen molar-refractivity contribution in [2.24, 2.45) is 5.41 Å². The second-order valence-corrected chi connectivity index (χ2v) is 5.95. The summed E-state index contributed by atoms with van der Waals surface area (Å²) >= 11 is 0. The van der Waals surface area contributed by atoms with Gasteiger partial charge in [-0.25, -0.2) is 0 Å². The fraction of sp³-hybridized carbons (Fsp3) is 1.00. The molecule has 3 nitrogen and oxygen atoms in total. The zero-order valence-electron chi connectivity index (χ0n) is 13.1. The lowest BCUT2D eigenvalue weighted by Gasteiger charge is -2.44. The van der Waals surface area contributed by atoms with E-state index in [1.807, 2.05) is 0 Å². The largest absolute Gasteiger partial charge is 0.319 e. The van der Waals surface area contributed by atoms with Crippen LogP contribution in [0.1, 0.15) is 40.5 Å². The van der Waals surface area contributed by atoms with Gasteiger partial charge in [-0.3, -0.25) is 9.80 Å². The zero-order chi connectivity index (χ0) is 13.6. The summed E-state index contributed by atoms with van der Waals surface area (Å²) in [5.41, 5.74) is 0.461. The second-order valence-electron chi connectivity index (χ2n) is 5.95. The first kappa shape index (κ1) is 15.9. The summed E-state index contributed by atoms with van der Waals surface area (Å²) in [5, 5.41) is 3.39. The first-order chi connectivity index (χ1) is 8.60. The van der Waals surface area contributed by atoms with Gasteiger partial charge in [0.1, 0.15) is 0 Å². The van der Waals surface area contributed by atoms with Crippen molar-refractivity contribution in [2.75, 3.05) is 46.3 Å². The lowest BCUT2D eigenvalue weighted by molar-refractivity contribution is 0.0502.